The molecule has 0 unspecified atom stereocenters. The first-order valence-electron chi connectivity index (χ1n) is 7.19. The summed E-state index contributed by atoms with van der Waals surface area (Å²) in [5.74, 6) is 0. The number of para-hydroxylation sites is 2. The maximum atomic E-state index is 4.22. The molecule has 1 aliphatic carbocycles. The fraction of sp³-hybridized carbons (Fsp3) is 0.500. The number of nitrogens with one attached hydrogen (secondary N) is 1. The fourth-order valence-corrected chi connectivity index (χ4v) is 2.63. The predicted molar refractivity (Wildman–Crippen MR) is 82.1 cm³/mol. The van der Waals surface area contributed by atoms with E-state index in [1.54, 1.807) is 0 Å². The summed E-state index contributed by atoms with van der Waals surface area (Å²) in [7, 11) is 2.17. The molecule has 1 saturated carbocycles. The van der Waals surface area contributed by atoms with Gasteiger partial charge < -0.3 is 15.1 Å². The number of hydrogen-bond acceptors (Lipinski definition) is 3. The molecule has 3 heteroatoms. The Morgan fingerprint density at radius 1 is 1.26 bits per heavy atom. The molecule has 19 heavy (non-hydrogen) atoms. The average molecular weight is 257 g/mol. The minimum Gasteiger partial charge on any atom is -0.371 e. The highest BCUT2D eigenvalue weighted by Crippen LogP contribution is 2.31. The fourth-order valence-electron chi connectivity index (χ4n) is 2.63. The Morgan fingerprint density at radius 3 is 2.74 bits per heavy atom. The average Bonchev–Trinajstić information content (AvgIpc) is 3.24. The van der Waals surface area contributed by atoms with Crippen molar-refractivity contribution in [1.82, 2.24) is 5.32 Å². The molecule has 1 N–H and O–H groups in total. The Kier molecular flexibility index (Phi) is 3.47. The Labute approximate surface area is 115 Å². The Hall–Kier alpha value is -1.48. The van der Waals surface area contributed by atoms with Crippen LogP contribution in [0.4, 0.5) is 11.4 Å². The first kappa shape index (κ1) is 12.5. The SMILES string of the molecule is C=C(CNC1CC1)CN1CCN(C)c2ccccc21. The normalized spacial score (nSPS) is 18.4. The van der Waals surface area contributed by atoms with E-state index in [1.165, 1.54) is 29.8 Å². The molecule has 1 aliphatic heterocycles. The van der Waals surface area contributed by atoms with Crippen LogP contribution in [0.2, 0.25) is 0 Å². The first-order valence-corrected chi connectivity index (χ1v) is 7.19. The summed E-state index contributed by atoms with van der Waals surface area (Å²) in [6.07, 6.45) is 2.68. The summed E-state index contributed by atoms with van der Waals surface area (Å²) in [5.41, 5.74) is 3.95. The summed E-state index contributed by atoms with van der Waals surface area (Å²) >= 11 is 0. The van der Waals surface area contributed by atoms with Gasteiger partial charge in [0.1, 0.15) is 0 Å². The predicted octanol–water partition coefficient (Wildman–Crippen LogP) is 2.25. The zero-order valence-corrected chi connectivity index (χ0v) is 11.7. The number of anilines is 2. The van der Waals surface area contributed by atoms with Gasteiger partial charge in [0.05, 0.1) is 11.4 Å². The smallest absolute Gasteiger partial charge is 0.0607 e. The van der Waals surface area contributed by atoms with E-state index in [0.29, 0.717) is 0 Å². The standard InChI is InChI=1S/C16H23N3/c1-13(11-17-14-7-8-14)12-19-10-9-18(2)15-5-3-4-6-16(15)19/h3-6,14,17H,1,7-12H2,2H3. The molecule has 0 atom stereocenters. The molecule has 1 heterocycles. The van der Waals surface area contributed by atoms with Crippen molar-refractivity contribution in [2.24, 2.45) is 0 Å². The molecule has 2 aliphatic rings. The van der Waals surface area contributed by atoms with Crippen molar-refractivity contribution in [2.75, 3.05) is 43.0 Å². The van der Waals surface area contributed by atoms with Gasteiger partial charge in [-0.15, -0.1) is 0 Å². The Bertz CT molecular complexity index is 465. The highest BCUT2D eigenvalue weighted by Gasteiger charge is 2.22. The molecule has 3 nitrogen and oxygen atoms in total. The number of hydrogen-bond donors (Lipinski definition) is 1. The molecular weight excluding hydrogens is 234 g/mol. The summed E-state index contributed by atoms with van der Waals surface area (Å²) in [5, 5.41) is 3.54. The van der Waals surface area contributed by atoms with E-state index >= 15 is 0 Å². The van der Waals surface area contributed by atoms with Crippen LogP contribution in [0.5, 0.6) is 0 Å². The quantitative estimate of drug-likeness (QED) is 0.816. The van der Waals surface area contributed by atoms with Crippen molar-refractivity contribution in [1.29, 1.82) is 0 Å². The van der Waals surface area contributed by atoms with Gasteiger partial charge in [-0.05, 0) is 30.5 Å². The monoisotopic (exact) mass is 257 g/mol. The van der Waals surface area contributed by atoms with E-state index in [1.807, 2.05) is 0 Å². The molecule has 0 bridgehead atoms. The van der Waals surface area contributed by atoms with Crippen molar-refractivity contribution < 1.29 is 0 Å². The number of benzene rings is 1. The summed E-state index contributed by atoms with van der Waals surface area (Å²) in [6, 6.07) is 9.41. The highest BCUT2D eigenvalue weighted by molar-refractivity contribution is 5.73. The van der Waals surface area contributed by atoms with Crippen LogP contribution in [0.15, 0.2) is 36.4 Å². The lowest BCUT2D eigenvalue weighted by Gasteiger charge is -2.37. The molecule has 0 aromatic heterocycles. The second-order valence-electron chi connectivity index (χ2n) is 5.74. The third-order valence-corrected chi connectivity index (χ3v) is 3.97. The maximum absolute atomic E-state index is 4.22. The lowest BCUT2D eigenvalue weighted by molar-refractivity contribution is 0.701. The lowest BCUT2D eigenvalue weighted by atomic mass is 10.1. The zero-order valence-electron chi connectivity index (χ0n) is 11.7. The molecule has 1 aromatic rings. The molecule has 1 fully saturated rings. The second-order valence-corrected chi connectivity index (χ2v) is 5.74. The third-order valence-electron chi connectivity index (χ3n) is 3.97. The van der Waals surface area contributed by atoms with Gasteiger partial charge in [-0.25, -0.2) is 0 Å². The molecule has 0 spiro atoms. The molecule has 102 valence electrons. The van der Waals surface area contributed by atoms with E-state index in [4.69, 9.17) is 0 Å². The van der Waals surface area contributed by atoms with E-state index in [9.17, 15) is 0 Å². The minimum absolute atomic E-state index is 0.761. The van der Waals surface area contributed by atoms with Gasteiger partial charge in [0, 0.05) is 39.3 Å². The van der Waals surface area contributed by atoms with Crippen molar-refractivity contribution >= 4 is 11.4 Å². The van der Waals surface area contributed by atoms with Gasteiger partial charge in [0.2, 0.25) is 0 Å². The number of nitrogens with zero attached hydrogens (tertiary/aromatic N) is 2. The van der Waals surface area contributed by atoms with Crippen molar-refractivity contribution in [2.45, 2.75) is 18.9 Å². The van der Waals surface area contributed by atoms with Gasteiger partial charge >= 0.3 is 0 Å². The minimum atomic E-state index is 0.761. The van der Waals surface area contributed by atoms with E-state index < -0.39 is 0 Å². The second kappa shape index (κ2) is 5.25. The summed E-state index contributed by atoms with van der Waals surface area (Å²) in [4.78, 5) is 4.78. The Balaban J connectivity index is 1.64. The summed E-state index contributed by atoms with van der Waals surface area (Å²) in [6.45, 7) is 8.31. The highest BCUT2D eigenvalue weighted by atomic mass is 15.2. The van der Waals surface area contributed by atoms with Crippen LogP contribution in [0.1, 0.15) is 12.8 Å². The van der Waals surface area contributed by atoms with Gasteiger partial charge in [0.25, 0.3) is 0 Å². The summed E-state index contributed by atoms with van der Waals surface area (Å²) < 4.78 is 0. The van der Waals surface area contributed by atoms with Gasteiger partial charge in [0.15, 0.2) is 0 Å². The van der Waals surface area contributed by atoms with Crippen molar-refractivity contribution in [3.63, 3.8) is 0 Å². The molecule has 0 amide bonds. The van der Waals surface area contributed by atoms with E-state index in [2.05, 4.69) is 53.0 Å². The maximum Gasteiger partial charge on any atom is 0.0607 e. The van der Waals surface area contributed by atoms with Crippen LogP contribution < -0.4 is 15.1 Å². The largest absolute Gasteiger partial charge is 0.371 e. The van der Waals surface area contributed by atoms with Crippen LogP contribution in [-0.2, 0) is 0 Å². The van der Waals surface area contributed by atoms with Crippen LogP contribution in [0, 0.1) is 0 Å². The molecule has 3 rings (SSSR count). The third kappa shape index (κ3) is 2.92. The van der Waals surface area contributed by atoms with Gasteiger partial charge in [-0.2, -0.15) is 0 Å². The van der Waals surface area contributed by atoms with E-state index in [-0.39, 0.29) is 0 Å². The topological polar surface area (TPSA) is 18.5 Å². The van der Waals surface area contributed by atoms with Crippen LogP contribution in [0.25, 0.3) is 0 Å². The molecule has 1 aromatic carbocycles. The lowest BCUT2D eigenvalue weighted by Crippen LogP contribution is -2.40. The van der Waals surface area contributed by atoms with Gasteiger partial charge in [-0.3, -0.25) is 0 Å². The van der Waals surface area contributed by atoms with Crippen molar-refractivity contribution in [3.8, 4) is 0 Å². The first-order chi connectivity index (χ1) is 9.24. The van der Waals surface area contributed by atoms with Crippen LogP contribution in [-0.4, -0.2) is 39.3 Å². The van der Waals surface area contributed by atoms with E-state index in [0.717, 1.165) is 32.2 Å². The van der Waals surface area contributed by atoms with Crippen molar-refractivity contribution in [3.05, 3.63) is 36.4 Å². The molecular formula is C16H23N3. The zero-order chi connectivity index (χ0) is 13.2. The molecule has 0 saturated heterocycles. The Morgan fingerprint density at radius 2 is 2.00 bits per heavy atom. The number of fused-ring (bicyclic) bond motifs is 1. The van der Waals surface area contributed by atoms with Crippen LogP contribution in [0.3, 0.4) is 0 Å². The molecule has 0 radical (unpaired) electrons. The number of likely N-dealkylation sites (N-methyl/N-ethyl adjacent to an activating group) is 1. The van der Waals surface area contributed by atoms with Gasteiger partial charge in [-0.1, -0.05) is 18.7 Å². The number of rotatable bonds is 5. The van der Waals surface area contributed by atoms with Crippen LogP contribution >= 0.6 is 0 Å².